The summed E-state index contributed by atoms with van der Waals surface area (Å²) < 4.78 is 1.30. The van der Waals surface area contributed by atoms with E-state index in [1.165, 1.54) is 28.9 Å². The molecule has 1 aromatic heterocycles. The highest BCUT2D eigenvalue weighted by Gasteiger charge is 2.22. The Morgan fingerprint density at radius 1 is 1.47 bits per heavy atom. The highest BCUT2D eigenvalue weighted by molar-refractivity contribution is 9.11. The summed E-state index contributed by atoms with van der Waals surface area (Å²) >= 11 is 5.40. The molecule has 1 aliphatic rings. The molecule has 1 fully saturated rings. The lowest BCUT2D eigenvalue weighted by Crippen LogP contribution is -2.37. The van der Waals surface area contributed by atoms with E-state index >= 15 is 0 Å². The van der Waals surface area contributed by atoms with Crippen molar-refractivity contribution in [2.24, 2.45) is 11.8 Å². The molecule has 1 nitrogen and oxygen atoms in total. The second-order valence-corrected chi connectivity index (χ2v) is 6.93. The first-order valence-corrected chi connectivity index (χ1v) is 7.28. The molecule has 2 heterocycles. The number of nitrogens with zero attached hydrogens (tertiary/aromatic N) is 1. The van der Waals surface area contributed by atoms with Crippen LogP contribution < -0.4 is 0 Å². The van der Waals surface area contributed by atoms with Gasteiger partial charge in [0.25, 0.3) is 0 Å². The quantitative estimate of drug-likeness (QED) is 0.795. The van der Waals surface area contributed by atoms with Crippen LogP contribution >= 0.6 is 27.3 Å². The molecule has 2 atom stereocenters. The largest absolute Gasteiger partial charge is 0.299 e. The predicted molar refractivity (Wildman–Crippen MR) is 70.2 cm³/mol. The summed E-state index contributed by atoms with van der Waals surface area (Å²) in [4.78, 5) is 2.58. The van der Waals surface area contributed by atoms with Crippen LogP contribution in [0.3, 0.4) is 0 Å². The SMILES string of the molecule is CC1CCN(Cc2ccsc2Br)CC1C. The topological polar surface area (TPSA) is 3.24 Å². The van der Waals surface area contributed by atoms with Crippen molar-refractivity contribution in [3.63, 3.8) is 0 Å². The number of halogens is 1. The fraction of sp³-hybridized carbons (Fsp3) is 0.667. The Bertz CT molecular complexity index is 323. The van der Waals surface area contributed by atoms with Crippen LogP contribution in [0.1, 0.15) is 25.8 Å². The van der Waals surface area contributed by atoms with Gasteiger partial charge < -0.3 is 0 Å². The predicted octanol–water partition coefficient (Wildman–Crippen LogP) is 3.99. The molecule has 15 heavy (non-hydrogen) atoms. The van der Waals surface area contributed by atoms with E-state index in [0.717, 1.165) is 18.4 Å². The van der Waals surface area contributed by atoms with Gasteiger partial charge in [-0.1, -0.05) is 13.8 Å². The van der Waals surface area contributed by atoms with Crippen molar-refractivity contribution in [2.75, 3.05) is 13.1 Å². The van der Waals surface area contributed by atoms with Crippen LogP contribution in [-0.4, -0.2) is 18.0 Å². The third-order valence-corrected chi connectivity index (χ3v) is 5.32. The first-order chi connectivity index (χ1) is 7.16. The number of hydrogen-bond donors (Lipinski definition) is 0. The van der Waals surface area contributed by atoms with Crippen LogP contribution in [0.15, 0.2) is 15.2 Å². The lowest BCUT2D eigenvalue weighted by Gasteiger charge is -2.35. The van der Waals surface area contributed by atoms with Gasteiger partial charge in [0.15, 0.2) is 0 Å². The highest BCUT2D eigenvalue weighted by Crippen LogP contribution is 2.28. The van der Waals surface area contributed by atoms with Crippen LogP contribution in [0.2, 0.25) is 0 Å². The van der Waals surface area contributed by atoms with E-state index < -0.39 is 0 Å². The molecule has 2 rings (SSSR count). The van der Waals surface area contributed by atoms with Gasteiger partial charge in [-0.2, -0.15) is 0 Å². The average Bonchev–Trinajstić information content (AvgIpc) is 2.59. The molecule has 84 valence electrons. The van der Waals surface area contributed by atoms with Gasteiger partial charge in [0.1, 0.15) is 0 Å². The molecule has 1 aromatic rings. The summed E-state index contributed by atoms with van der Waals surface area (Å²) in [6.45, 7) is 8.38. The summed E-state index contributed by atoms with van der Waals surface area (Å²) in [7, 11) is 0. The average molecular weight is 288 g/mol. The summed E-state index contributed by atoms with van der Waals surface area (Å²) in [5.41, 5.74) is 1.45. The lowest BCUT2D eigenvalue weighted by atomic mass is 9.88. The normalized spacial score (nSPS) is 28.2. The van der Waals surface area contributed by atoms with Crippen LogP contribution in [0.5, 0.6) is 0 Å². The van der Waals surface area contributed by atoms with E-state index in [0.29, 0.717) is 0 Å². The number of hydrogen-bond acceptors (Lipinski definition) is 2. The highest BCUT2D eigenvalue weighted by atomic mass is 79.9. The molecule has 0 spiro atoms. The maximum atomic E-state index is 3.61. The third kappa shape index (κ3) is 2.83. The zero-order valence-corrected chi connectivity index (χ0v) is 11.8. The molecule has 0 N–H and O–H groups in total. The Kier molecular flexibility index (Phi) is 3.86. The van der Waals surface area contributed by atoms with Gasteiger partial charge in [0.05, 0.1) is 3.79 Å². The molecule has 0 aliphatic carbocycles. The molecule has 3 heteroatoms. The Labute approximate surface area is 105 Å². The van der Waals surface area contributed by atoms with Gasteiger partial charge in [-0.25, -0.2) is 0 Å². The van der Waals surface area contributed by atoms with Crippen molar-refractivity contribution in [3.05, 3.63) is 20.8 Å². The molecule has 1 aliphatic heterocycles. The fourth-order valence-electron chi connectivity index (χ4n) is 2.17. The summed E-state index contributed by atoms with van der Waals surface area (Å²) in [6, 6.07) is 2.23. The molecule has 2 unspecified atom stereocenters. The van der Waals surface area contributed by atoms with Crippen LogP contribution in [0, 0.1) is 11.8 Å². The minimum absolute atomic E-state index is 0.844. The van der Waals surface area contributed by atoms with Gasteiger partial charge >= 0.3 is 0 Å². The first-order valence-electron chi connectivity index (χ1n) is 5.61. The van der Waals surface area contributed by atoms with Gasteiger partial charge in [-0.15, -0.1) is 11.3 Å². The first kappa shape index (κ1) is 11.6. The Hall–Kier alpha value is 0.140. The molecule has 1 saturated heterocycles. The zero-order valence-electron chi connectivity index (χ0n) is 9.37. The molecule has 0 amide bonds. The van der Waals surface area contributed by atoms with Crippen molar-refractivity contribution in [3.8, 4) is 0 Å². The molecular weight excluding hydrogens is 270 g/mol. The zero-order chi connectivity index (χ0) is 10.8. The summed E-state index contributed by atoms with van der Waals surface area (Å²) in [5, 5.41) is 2.16. The van der Waals surface area contributed by atoms with Crippen LogP contribution in [0.25, 0.3) is 0 Å². The maximum absolute atomic E-state index is 3.61. The molecule has 0 saturated carbocycles. The van der Waals surface area contributed by atoms with Crippen LogP contribution in [-0.2, 0) is 6.54 Å². The van der Waals surface area contributed by atoms with Gasteiger partial charge in [0, 0.05) is 13.1 Å². The van der Waals surface area contributed by atoms with Gasteiger partial charge in [0.2, 0.25) is 0 Å². The van der Waals surface area contributed by atoms with E-state index in [9.17, 15) is 0 Å². The second-order valence-electron chi connectivity index (χ2n) is 4.70. The van der Waals surface area contributed by atoms with Crippen LogP contribution in [0.4, 0.5) is 0 Å². The number of rotatable bonds is 2. The minimum atomic E-state index is 0.844. The second kappa shape index (κ2) is 4.98. The molecule has 0 aromatic carbocycles. The summed E-state index contributed by atoms with van der Waals surface area (Å²) in [5.74, 6) is 1.74. The van der Waals surface area contributed by atoms with Crippen molar-refractivity contribution < 1.29 is 0 Å². The number of piperidine rings is 1. The third-order valence-electron chi connectivity index (χ3n) is 3.51. The van der Waals surface area contributed by atoms with Crippen molar-refractivity contribution >= 4 is 27.3 Å². The van der Waals surface area contributed by atoms with E-state index in [-0.39, 0.29) is 0 Å². The van der Waals surface area contributed by atoms with Gasteiger partial charge in [-0.05, 0) is 57.7 Å². The Balaban J connectivity index is 1.94. The monoisotopic (exact) mass is 287 g/mol. The van der Waals surface area contributed by atoms with Crippen molar-refractivity contribution in [1.29, 1.82) is 0 Å². The smallest absolute Gasteiger partial charge is 0.0743 e. The number of likely N-dealkylation sites (tertiary alicyclic amines) is 1. The van der Waals surface area contributed by atoms with E-state index in [1.54, 1.807) is 11.3 Å². The maximum Gasteiger partial charge on any atom is 0.0743 e. The number of thiophene rings is 1. The lowest BCUT2D eigenvalue weighted by molar-refractivity contribution is 0.132. The van der Waals surface area contributed by atoms with E-state index in [2.05, 4.69) is 46.1 Å². The Morgan fingerprint density at radius 3 is 2.87 bits per heavy atom. The standard InChI is InChI=1S/C12H18BrNS/c1-9-3-5-14(7-10(9)2)8-11-4-6-15-12(11)13/h4,6,9-10H,3,5,7-8H2,1-2H3. The summed E-state index contributed by atoms with van der Waals surface area (Å²) in [6.07, 6.45) is 1.35. The molecule has 0 radical (unpaired) electrons. The van der Waals surface area contributed by atoms with Crippen molar-refractivity contribution in [1.82, 2.24) is 4.90 Å². The van der Waals surface area contributed by atoms with E-state index in [4.69, 9.17) is 0 Å². The minimum Gasteiger partial charge on any atom is -0.299 e. The van der Waals surface area contributed by atoms with Crippen molar-refractivity contribution in [2.45, 2.75) is 26.8 Å². The molecular formula is C12H18BrNS. The molecule has 0 bridgehead atoms. The Morgan fingerprint density at radius 2 is 2.27 bits per heavy atom. The fourth-order valence-corrected chi connectivity index (χ4v) is 3.38. The van der Waals surface area contributed by atoms with Gasteiger partial charge in [-0.3, -0.25) is 4.90 Å². The van der Waals surface area contributed by atoms with E-state index in [1.807, 2.05) is 0 Å².